The molecule has 0 aromatic heterocycles. The highest BCUT2D eigenvalue weighted by Gasteiger charge is 2.40. The molecule has 5 aromatic carbocycles. The molecule has 0 bridgehead atoms. The van der Waals surface area contributed by atoms with Crippen LogP contribution in [0.3, 0.4) is 0 Å². The van der Waals surface area contributed by atoms with E-state index in [-0.39, 0.29) is 23.9 Å². The number of hydrogen-bond acceptors (Lipinski definition) is 7. The van der Waals surface area contributed by atoms with Gasteiger partial charge in [0.2, 0.25) is 11.8 Å². The zero-order valence-electron chi connectivity index (χ0n) is 26.4. The van der Waals surface area contributed by atoms with Crippen molar-refractivity contribution >= 4 is 64.2 Å². The van der Waals surface area contributed by atoms with E-state index in [0.717, 1.165) is 21.7 Å². The second kappa shape index (κ2) is 15.2. The van der Waals surface area contributed by atoms with Crippen molar-refractivity contribution < 1.29 is 19.2 Å². The van der Waals surface area contributed by atoms with Gasteiger partial charge in [0.1, 0.15) is 5.70 Å². The standard InChI is InChI=1S/C39H31N5O4S/c1-26-9-8-10-27(23-26)24-34(41-37(46)28-11-4-2-5-12-28)38(47)40-29-17-21-33(22-18-29)49-35-25-36(45)44(39(35)48)32-19-15-31(16-20-32)43-42-30-13-6-3-7-14-30/h2-24,35H,25H2,1H3,(H,40,47)(H,41,46)/b34-24-,43-42?. The van der Waals surface area contributed by atoms with E-state index in [9.17, 15) is 19.2 Å². The van der Waals surface area contributed by atoms with Gasteiger partial charge in [0, 0.05) is 22.6 Å². The molecule has 1 atom stereocenters. The zero-order valence-corrected chi connectivity index (χ0v) is 27.3. The lowest BCUT2D eigenvalue weighted by molar-refractivity contribution is -0.121. The van der Waals surface area contributed by atoms with Crippen molar-refractivity contribution in [3.05, 3.63) is 156 Å². The Balaban J connectivity index is 1.10. The maximum Gasteiger partial charge on any atom is 0.272 e. The smallest absolute Gasteiger partial charge is 0.272 e. The van der Waals surface area contributed by atoms with Crippen molar-refractivity contribution in [3.63, 3.8) is 0 Å². The number of imide groups is 1. The van der Waals surface area contributed by atoms with Gasteiger partial charge in [-0.1, -0.05) is 66.2 Å². The van der Waals surface area contributed by atoms with E-state index in [1.165, 1.54) is 16.7 Å². The molecule has 1 unspecified atom stereocenters. The number of carbonyl (C=O) groups excluding carboxylic acids is 4. The Kier molecular flexibility index (Phi) is 10.2. The van der Waals surface area contributed by atoms with E-state index in [1.54, 1.807) is 78.9 Å². The molecule has 4 amide bonds. The van der Waals surface area contributed by atoms with Gasteiger partial charge in [0.25, 0.3) is 11.8 Å². The van der Waals surface area contributed by atoms with Crippen LogP contribution < -0.4 is 15.5 Å². The lowest BCUT2D eigenvalue weighted by Crippen LogP contribution is -2.31. The largest absolute Gasteiger partial charge is 0.321 e. The van der Waals surface area contributed by atoms with Crippen LogP contribution in [-0.4, -0.2) is 28.9 Å². The van der Waals surface area contributed by atoms with Gasteiger partial charge < -0.3 is 10.6 Å². The van der Waals surface area contributed by atoms with Crippen LogP contribution in [0, 0.1) is 6.92 Å². The van der Waals surface area contributed by atoms with Gasteiger partial charge in [0.15, 0.2) is 0 Å². The fourth-order valence-electron chi connectivity index (χ4n) is 5.09. The SMILES string of the molecule is Cc1cccc(/C=C(\NC(=O)c2ccccc2)C(=O)Nc2ccc(SC3CC(=O)N(c4ccc(N=Nc5ccccc5)cc4)C3=O)cc2)c1. The minimum Gasteiger partial charge on any atom is -0.321 e. The topological polar surface area (TPSA) is 120 Å². The van der Waals surface area contributed by atoms with Crippen molar-refractivity contribution in [2.75, 3.05) is 10.2 Å². The average molecular weight is 666 g/mol. The molecule has 1 aliphatic heterocycles. The molecule has 49 heavy (non-hydrogen) atoms. The van der Waals surface area contributed by atoms with Crippen LogP contribution in [0.4, 0.5) is 22.7 Å². The number of nitrogens with zero attached hydrogens (tertiary/aromatic N) is 3. The van der Waals surface area contributed by atoms with Crippen LogP contribution in [0.25, 0.3) is 6.08 Å². The van der Waals surface area contributed by atoms with Gasteiger partial charge >= 0.3 is 0 Å². The van der Waals surface area contributed by atoms with E-state index in [0.29, 0.717) is 22.6 Å². The van der Waals surface area contributed by atoms with Crippen LogP contribution in [0.5, 0.6) is 0 Å². The first kappa shape index (κ1) is 32.8. The summed E-state index contributed by atoms with van der Waals surface area (Å²) in [5.41, 5.74) is 4.58. The molecule has 5 aromatic rings. The molecular weight excluding hydrogens is 635 g/mol. The summed E-state index contributed by atoms with van der Waals surface area (Å²) < 4.78 is 0. The number of aryl methyl sites for hydroxylation is 1. The van der Waals surface area contributed by atoms with Crippen molar-refractivity contribution in [1.29, 1.82) is 0 Å². The Labute approximate surface area is 287 Å². The first-order valence-electron chi connectivity index (χ1n) is 15.5. The van der Waals surface area contributed by atoms with Gasteiger partial charge in [-0.15, -0.1) is 11.8 Å². The predicted octanol–water partition coefficient (Wildman–Crippen LogP) is 8.24. The van der Waals surface area contributed by atoms with Gasteiger partial charge in [0.05, 0.1) is 22.3 Å². The van der Waals surface area contributed by atoms with E-state index >= 15 is 0 Å². The maximum absolute atomic E-state index is 13.4. The summed E-state index contributed by atoms with van der Waals surface area (Å²) in [6.45, 7) is 1.95. The van der Waals surface area contributed by atoms with Crippen LogP contribution in [0.1, 0.15) is 27.9 Å². The molecule has 1 saturated heterocycles. The van der Waals surface area contributed by atoms with Crippen molar-refractivity contribution in [1.82, 2.24) is 5.32 Å². The number of anilines is 2. The number of thioether (sulfide) groups is 1. The Morgan fingerprint density at radius 1 is 0.776 bits per heavy atom. The molecule has 1 aliphatic rings. The van der Waals surface area contributed by atoms with Crippen molar-refractivity contribution in [2.24, 2.45) is 10.2 Å². The number of amides is 4. The second-order valence-corrected chi connectivity index (χ2v) is 12.5. The number of carbonyl (C=O) groups is 4. The molecule has 1 fully saturated rings. The molecule has 2 N–H and O–H groups in total. The Bertz CT molecular complexity index is 2050. The van der Waals surface area contributed by atoms with Gasteiger partial charge in [-0.3, -0.25) is 19.2 Å². The van der Waals surface area contributed by atoms with E-state index in [1.807, 2.05) is 67.6 Å². The molecule has 1 heterocycles. The highest BCUT2D eigenvalue weighted by molar-refractivity contribution is 8.00. The Morgan fingerprint density at radius 2 is 1.43 bits per heavy atom. The second-order valence-electron chi connectivity index (χ2n) is 11.2. The number of hydrogen-bond donors (Lipinski definition) is 2. The highest BCUT2D eigenvalue weighted by Crippen LogP contribution is 2.35. The van der Waals surface area contributed by atoms with Gasteiger partial charge in [-0.2, -0.15) is 10.2 Å². The summed E-state index contributed by atoms with van der Waals surface area (Å²) in [6, 6.07) is 39.4. The number of rotatable bonds is 10. The van der Waals surface area contributed by atoms with Crippen LogP contribution in [-0.2, 0) is 14.4 Å². The maximum atomic E-state index is 13.4. The molecule has 0 radical (unpaired) electrons. The quantitative estimate of drug-likeness (QED) is 0.0885. The highest BCUT2D eigenvalue weighted by atomic mass is 32.2. The van der Waals surface area contributed by atoms with Crippen molar-refractivity contribution in [2.45, 2.75) is 23.5 Å². The van der Waals surface area contributed by atoms with Crippen LogP contribution in [0.2, 0.25) is 0 Å². The Morgan fingerprint density at radius 3 is 2.10 bits per heavy atom. The molecule has 9 nitrogen and oxygen atoms in total. The summed E-state index contributed by atoms with van der Waals surface area (Å²) in [4.78, 5) is 54.5. The molecule has 0 aliphatic carbocycles. The van der Waals surface area contributed by atoms with E-state index in [2.05, 4.69) is 20.9 Å². The fraction of sp³-hybridized carbons (Fsp3) is 0.0769. The third-order valence-corrected chi connectivity index (χ3v) is 8.72. The monoisotopic (exact) mass is 665 g/mol. The summed E-state index contributed by atoms with van der Waals surface area (Å²) in [6.07, 6.45) is 1.69. The minimum atomic E-state index is -0.595. The number of benzene rings is 5. The molecule has 6 rings (SSSR count). The van der Waals surface area contributed by atoms with E-state index in [4.69, 9.17) is 0 Å². The van der Waals surface area contributed by atoms with Crippen LogP contribution >= 0.6 is 11.8 Å². The van der Waals surface area contributed by atoms with Gasteiger partial charge in [-0.25, -0.2) is 4.90 Å². The zero-order chi connectivity index (χ0) is 34.2. The first-order valence-corrected chi connectivity index (χ1v) is 16.4. The molecule has 242 valence electrons. The average Bonchev–Trinajstić information content (AvgIpc) is 3.40. The third kappa shape index (κ3) is 8.43. The molecule has 10 heteroatoms. The lowest BCUT2D eigenvalue weighted by Gasteiger charge is -2.15. The molecular formula is C39H31N5O4S. The Hall–Kier alpha value is -6.13. The van der Waals surface area contributed by atoms with Gasteiger partial charge in [-0.05, 0) is 91.4 Å². The van der Waals surface area contributed by atoms with Crippen LogP contribution in [0.15, 0.2) is 154 Å². The molecule has 0 spiro atoms. The summed E-state index contributed by atoms with van der Waals surface area (Å²) in [5.74, 6) is -1.48. The third-order valence-electron chi connectivity index (χ3n) is 7.52. The normalized spacial score (nSPS) is 14.7. The van der Waals surface area contributed by atoms with E-state index < -0.39 is 17.1 Å². The number of azo groups is 1. The summed E-state index contributed by atoms with van der Waals surface area (Å²) in [5, 5.41) is 13.4. The first-order chi connectivity index (χ1) is 23.8. The summed E-state index contributed by atoms with van der Waals surface area (Å²) in [7, 11) is 0. The minimum absolute atomic E-state index is 0.0612. The fourth-order valence-corrected chi connectivity index (χ4v) is 6.15. The van der Waals surface area contributed by atoms with Crippen molar-refractivity contribution in [3.8, 4) is 0 Å². The lowest BCUT2D eigenvalue weighted by atomic mass is 10.1. The summed E-state index contributed by atoms with van der Waals surface area (Å²) >= 11 is 1.29. The predicted molar refractivity (Wildman–Crippen MR) is 192 cm³/mol. The molecule has 0 saturated carbocycles. The number of nitrogens with one attached hydrogen (secondary N) is 2.